The first-order valence-corrected chi connectivity index (χ1v) is 4.07. The van der Waals surface area contributed by atoms with Crippen molar-refractivity contribution >= 4 is 49.7 Å². The molecule has 0 saturated heterocycles. The Labute approximate surface area is 70.0 Å². The van der Waals surface area contributed by atoms with Crippen molar-refractivity contribution in [3.05, 3.63) is 0 Å². The van der Waals surface area contributed by atoms with Gasteiger partial charge in [-0.1, -0.05) is 43.5 Å². The lowest BCUT2D eigenvalue weighted by Crippen LogP contribution is -2.23. The molecule has 1 nitrogen and oxygen atoms in total. The van der Waals surface area contributed by atoms with Crippen LogP contribution in [0.1, 0.15) is 6.92 Å². The van der Waals surface area contributed by atoms with E-state index < -0.39 is 3.78 Å². The van der Waals surface area contributed by atoms with Gasteiger partial charge in [0.25, 0.3) is 0 Å². The molecule has 0 amide bonds. The Balaban J connectivity index is 3.90. The lowest BCUT2D eigenvalue weighted by atomic mass is 10.4. The first-order chi connectivity index (χ1) is 3.50. The molecule has 0 fully saturated rings. The van der Waals surface area contributed by atoms with Crippen LogP contribution in [0.3, 0.4) is 0 Å². The lowest BCUT2D eigenvalue weighted by Gasteiger charge is -2.13. The van der Waals surface area contributed by atoms with Crippen molar-refractivity contribution in [1.29, 1.82) is 0 Å². The molecular weight excluding hydrogens is 259 g/mol. The summed E-state index contributed by atoms with van der Waals surface area (Å²) in [7, 11) is 0. The van der Waals surface area contributed by atoms with Crippen molar-refractivity contribution in [2.24, 2.45) is 0 Å². The fourth-order valence-corrected chi connectivity index (χ4v) is 0.202. The third-order valence-corrected chi connectivity index (χ3v) is 3.58. The Bertz CT molecular complexity index is 92.0. The maximum atomic E-state index is 10.1. The van der Waals surface area contributed by atoms with Crippen LogP contribution in [0.15, 0.2) is 0 Å². The minimum Gasteiger partial charge on any atom is -0.300 e. The predicted octanol–water partition coefficient (Wildman–Crippen LogP) is 2.30. The molecule has 8 heavy (non-hydrogen) atoms. The van der Waals surface area contributed by atoms with Crippen molar-refractivity contribution < 1.29 is 4.79 Å². The van der Waals surface area contributed by atoms with Gasteiger partial charge in [-0.15, -0.1) is 0 Å². The topological polar surface area (TPSA) is 17.1 Å². The van der Waals surface area contributed by atoms with Crippen LogP contribution in [0, 0.1) is 0 Å². The Kier molecular flexibility index (Phi) is 3.55. The third-order valence-electron chi connectivity index (χ3n) is 0.687. The number of hydrogen-bond acceptors (Lipinski definition) is 1. The van der Waals surface area contributed by atoms with Gasteiger partial charge >= 0.3 is 0 Å². The van der Waals surface area contributed by atoms with Crippen LogP contribution in [0.25, 0.3) is 0 Å². The Morgan fingerprint density at radius 3 is 2.25 bits per heavy atom. The minimum atomic E-state index is -0.938. The van der Waals surface area contributed by atoms with Gasteiger partial charge in [0.05, 0.1) is 0 Å². The lowest BCUT2D eigenvalue weighted by molar-refractivity contribution is -0.108. The second-order valence-corrected chi connectivity index (χ2v) is 5.18. The van der Waals surface area contributed by atoms with Crippen molar-refractivity contribution in [2.45, 2.75) is 15.5 Å². The number of alkyl halides is 3. The summed E-state index contributed by atoms with van der Waals surface area (Å²) in [6.07, 6.45) is 0.647. The molecule has 0 radical (unpaired) electrons. The van der Waals surface area contributed by atoms with Crippen LogP contribution < -0.4 is 0 Å². The molecule has 0 aliphatic heterocycles. The predicted molar refractivity (Wildman–Crippen MR) is 42.0 cm³/mol. The molecular formula is C4H5Br2ClO. The summed E-state index contributed by atoms with van der Waals surface area (Å²) in [4.78, 5) is 10.00. The van der Waals surface area contributed by atoms with Crippen molar-refractivity contribution in [2.75, 3.05) is 0 Å². The van der Waals surface area contributed by atoms with Gasteiger partial charge in [-0.3, -0.25) is 0 Å². The molecule has 0 aromatic heterocycles. The highest BCUT2D eigenvalue weighted by Gasteiger charge is 2.27. The molecule has 48 valence electrons. The van der Waals surface area contributed by atoms with Crippen molar-refractivity contribution in [3.8, 4) is 0 Å². The molecule has 0 aliphatic carbocycles. The molecule has 2 atom stereocenters. The zero-order chi connectivity index (χ0) is 6.78. The average Bonchev–Trinajstić information content (AvgIpc) is 1.67. The van der Waals surface area contributed by atoms with Crippen molar-refractivity contribution in [1.82, 2.24) is 0 Å². The highest BCUT2D eigenvalue weighted by atomic mass is 79.9. The molecule has 0 aromatic carbocycles. The highest BCUT2D eigenvalue weighted by molar-refractivity contribution is 9.13. The van der Waals surface area contributed by atoms with Gasteiger partial charge in [-0.05, 0) is 6.92 Å². The Hall–Kier alpha value is 0.920. The van der Waals surface area contributed by atoms with E-state index in [2.05, 4.69) is 31.9 Å². The van der Waals surface area contributed by atoms with Gasteiger partial charge < -0.3 is 4.79 Å². The van der Waals surface area contributed by atoms with E-state index in [1.807, 2.05) is 0 Å². The molecule has 0 N–H and O–H groups in total. The summed E-state index contributed by atoms with van der Waals surface area (Å²) in [6, 6.07) is 0. The second kappa shape index (κ2) is 3.18. The van der Waals surface area contributed by atoms with Gasteiger partial charge in [0.15, 0.2) is 10.1 Å². The number of halogens is 3. The summed E-state index contributed by atoms with van der Waals surface area (Å²) in [5.74, 6) is 0. The smallest absolute Gasteiger partial charge is 0.166 e. The first-order valence-electron chi connectivity index (χ1n) is 1.99. The number of carbonyl (C=O) groups excluding carboxylic acids is 1. The normalized spacial score (nSPS) is 21.5. The summed E-state index contributed by atoms with van der Waals surface area (Å²) in [5.41, 5.74) is 0. The largest absolute Gasteiger partial charge is 0.300 e. The highest BCUT2D eigenvalue weighted by Crippen LogP contribution is 2.29. The zero-order valence-corrected chi connectivity index (χ0v) is 8.12. The molecule has 0 spiro atoms. The summed E-state index contributed by atoms with van der Waals surface area (Å²) < 4.78 is -0.938. The number of hydrogen-bond donors (Lipinski definition) is 0. The van der Waals surface area contributed by atoms with E-state index in [0.29, 0.717) is 6.29 Å². The first kappa shape index (κ1) is 8.92. The van der Waals surface area contributed by atoms with Crippen LogP contribution in [0.4, 0.5) is 0 Å². The summed E-state index contributed by atoms with van der Waals surface area (Å²) in [6.45, 7) is 1.79. The van der Waals surface area contributed by atoms with Gasteiger partial charge in [0, 0.05) is 4.83 Å². The summed E-state index contributed by atoms with van der Waals surface area (Å²) >= 11 is 11.7. The van der Waals surface area contributed by atoms with Gasteiger partial charge in [-0.2, -0.15) is 0 Å². The maximum Gasteiger partial charge on any atom is 0.166 e. The van der Waals surface area contributed by atoms with Crippen LogP contribution in [0.2, 0.25) is 0 Å². The van der Waals surface area contributed by atoms with Gasteiger partial charge in [0.2, 0.25) is 0 Å². The fraction of sp³-hybridized carbons (Fsp3) is 0.750. The third kappa shape index (κ3) is 2.46. The zero-order valence-electron chi connectivity index (χ0n) is 4.20. The molecule has 0 heterocycles. The van der Waals surface area contributed by atoms with Gasteiger partial charge in [0.1, 0.15) is 0 Å². The number of rotatable bonds is 2. The van der Waals surface area contributed by atoms with Crippen molar-refractivity contribution in [3.63, 3.8) is 0 Å². The monoisotopic (exact) mass is 262 g/mol. The standard InChI is InChI=1S/C4H5Br2ClO/c1-3(5)4(6,7)2-8/h2-3H,1H3. The molecule has 0 aromatic rings. The van der Waals surface area contributed by atoms with E-state index in [9.17, 15) is 4.79 Å². The van der Waals surface area contributed by atoms with E-state index in [1.165, 1.54) is 0 Å². The summed E-state index contributed by atoms with van der Waals surface area (Å²) in [5, 5.41) is 0. The Morgan fingerprint density at radius 2 is 2.25 bits per heavy atom. The van der Waals surface area contributed by atoms with E-state index in [-0.39, 0.29) is 4.83 Å². The number of carbonyl (C=O) groups is 1. The molecule has 0 saturated carbocycles. The minimum absolute atomic E-state index is 0.0610. The van der Waals surface area contributed by atoms with Crippen LogP contribution in [-0.4, -0.2) is 14.9 Å². The van der Waals surface area contributed by atoms with E-state index in [1.54, 1.807) is 6.92 Å². The number of aldehydes is 1. The van der Waals surface area contributed by atoms with Gasteiger partial charge in [-0.25, -0.2) is 0 Å². The van der Waals surface area contributed by atoms with E-state index >= 15 is 0 Å². The second-order valence-electron chi connectivity index (χ2n) is 1.41. The maximum absolute atomic E-state index is 10.1. The SMILES string of the molecule is CC(Br)C(Cl)(Br)C=O. The quantitative estimate of drug-likeness (QED) is 0.552. The van der Waals surface area contributed by atoms with E-state index in [0.717, 1.165) is 0 Å². The molecule has 0 rings (SSSR count). The Morgan fingerprint density at radius 1 is 1.88 bits per heavy atom. The van der Waals surface area contributed by atoms with Crippen LogP contribution in [-0.2, 0) is 4.79 Å². The average molecular weight is 264 g/mol. The molecule has 0 bridgehead atoms. The fourth-order valence-electron chi connectivity index (χ4n) is 0.0938. The van der Waals surface area contributed by atoms with E-state index in [4.69, 9.17) is 11.6 Å². The van der Waals surface area contributed by atoms with Crippen LogP contribution in [0.5, 0.6) is 0 Å². The molecule has 4 heteroatoms. The molecule has 2 unspecified atom stereocenters. The van der Waals surface area contributed by atoms with Crippen LogP contribution >= 0.6 is 43.5 Å². The molecule has 0 aliphatic rings.